The number of hydrogen-bond donors (Lipinski definition) is 2. The maximum absolute atomic E-state index is 12.5. The molecule has 19 heavy (non-hydrogen) atoms. The van der Waals surface area contributed by atoms with Crippen molar-refractivity contribution in [2.24, 2.45) is 0 Å². The molecule has 2 aromatic rings. The topological polar surface area (TPSA) is 74.6 Å². The van der Waals surface area contributed by atoms with Crippen LogP contribution >= 0.6 is 0 Å². The van der Waals surface area contributed by atoms with E-state index in [4.69, 9.17) is 0 Å². The Morgan fingerprint density at radius 2 is 1.63 bits per heavy atom. The van der Waals surface area contributed by atoms with Crippen LogP contribution in [0.1, 0.15) is 11.1 Å². The molecule has 0 saturated carbocycles. The van der Waals surface area contributed by atoms with Crippen LogP contribution in [0, 0.1) is 13.8 Å². The van der Waals surface area contributed by atoms with Gasteiger partial charge in [-0.25, -0.2) is 8.42 Å². The number of hydrogen-bond acceptors (Lipinski definition) is 4. The first-order valence-corrected chi connectivity index (χ1v) is 7.15. The van der Waals surface area contributed by atoms with Crippen LogP contribution in [0.5, 0.6) is 11.5 Å². The van der Waals surface area contributed by atoms with Crippen molar-refractivity contribution in [2.45, 2.75) is 23.6 Å². The predicted molar refractivity (Wildman–Crippen MR) is 71.1 cm³/mol. The smallest absolute Gasteiger partial charge is 0.210 e. The van der Waals surface area contributed by atoms with Crippen molar-refractivity contribution in [1.29, 1.82) is 0 Å². The van der Waals surface area contributed by atoms with Crippen LogP contribution in [0.25, 0.3) is 0 Å². The SMILES string of the molecule is Cc1ccc(C)c(S(=O)(=O)c2cccc(O)c2O)c1. The van der Waals surface area contributed by atoms with E-state index in [0.29, 0.717) is 5.56 Å². The number of rotatable bonds is 2. The van der Waals surface area contributed by atoms with Crippen molar-refractivity contribution in [1.82, 2.24) is 0 Å². The van der Waals surface area contributed by atoms with Gasteiger partial charge in [-0.15, -0.1) is 0 Å². The number of para-hydroxylation sites is 1. The summed E-state index contributed by atoms with van der Waals surface area (Å²) < 4.78 is 25.0. The molecule has 5 heteroatoms. The van der Waals surface area contributed by atoms with Gasteiger partial charge < -0.3 is 10.2 Å². The third kappa shape index (κ3) is 2.29. The van der Waals surface area contributed by atoms with E-state index in [1.165, 1.54) is 18.2 Å². The molecule has 2 rings (SSSR count). The largest absolute Gasteiger partial charge is 0.504 e. The lowest BCUT2D eigenvalue weighted by Crippen LogP contribution is -2.05. The molecular weight excluding hydrogens is 264 g/mol. The average Bonchev–Trinajstić information content (AvgIpc) is 2.35. The number of phenols is 2. The van der Waals surface area contributed by atoms with Crippen LogP contribution in [0.2, 0.25) is 0 Å². The van der Waals surface area contributed by atoms with Crippen molar-refractivity contribution >= 4 is 9.84 Å². The van der Waals surface area contributed by atoms with E-state index in [9.17, 15) is 18.6 Å². The minimum atomic E-state index is -3.86. The van der Waals surface area contributed by atoms with E-state index in [0.717, 1.165) is 5.56 Å². The van der Waals surface area contributed by atoms with E-state index in [-0.39, 0.29) is 9.79 Å². The fourth-order valence-electron chi connectivity index (χ4n) is 1.84. The molecule has 0 unspecified atom stereocenters. The molecule has 100 valence electrons. The normalized spacial score (nSPS) is 11.5. The Hall–Kier alpha value is -2.01. The van der Waals surface area contributed by atoms with Crippen LogP contribution in [0.3, 0.4) is 0 Å². The summed E-state index contributed by atoms with van der Waals surface area (Å²) in [5.41, 5.74) is 1.40. The lowest BCUT2D eigenvalue weighted by atomic mass is 10.2. The zero-order chi connectivity index (χ0) is 14.2. The molecule has 2 aromatic carbocycles. The zero-order valence-electron chi connectivity index (χ0n) is 10.6. The minimum Gasteiger partial charge on any atom is -0.504 e. The molecule has 0 spiro atoms. The molecule has 4 nitrogen and oxygen atoms in total. The Morgan fingerprint density at radius 3 is 2.32 bits per heavy atom. The minimum absolute atomic E-state index is 0.133. The number of aryl methyl sites for hydroxylation is 2. The lowest BCUT2D eigenvalue weighted by Gasteiger charge is -2.10. The molecule has 0 amide bonds. The summed E-state index contributed by atoms with van der Waals surface area (Å²) in [7, 11) is -3.86. The van der Waals surface area contributed by atoms with E-state index < -0.39 is 21.3 Å². The van der Waals surface area contributed by atoms with Crippen molar-refractivity contribution in [3.8, 4) is 11.5 Å². The Kier molecular flexibility index (Phi) is 3.24. The summed E-state index contributed by atoms with van der Waals surface area (Å²) >= 11 is 0. The Bertz CT molecular complexity index is 725. The second-order valence-corrected chi connectivity index (χ2v) is 6.28. The van der Waals surface area contributed by atoms with Gasteiger partial charge in [-0.05, 0) is 43.2 Å². The maximum Gasteiger partial charge on any atom is 0.210 e. The van der Waals surface area contributed by atoms with Gasteiger partial charge >= 0.3 is 0 Å². The molecule has 0 radical (unpaired) electrons. The van der Waals surface area contributed by atoms with Gasteiger partial charge in [0.15, 0.2) is 11.5 Å². The van der Waals surface area contributed by atoms with Crippen LogP contribution in [-0.2, 0) is 9.84 Å². The molecule has 0 aliphatic heterocycles. The van der Waals surface area contributed by atoms with Crippen LogP contribution in [0.4, 0.5) is 0 Å². The second-order valence-electron chi connectivity index (χ2n) is 4.40. The van der Waals surface area contributed by atoms with Crippen LogP contribution in [0.15, 0.2) is 46.2 Å². The summed E-state index contributed by atoms with van der Waals surface area (Å²) in [6.45, 7) is 3.48. The number of sulfone groups is 1. The Balaban J connectivity index is 2.73. The molecule has 0 saturated heterocycles. The van der Waals surface area contributed by atoms with E-state index in [2.05, 4.69) is 0 Å². The highest BCUT2D eigenvalue weighted by Crippen LogP contribution is 2.36. The van der Waals surface area contributed by atoms with Crippen molar-refractivity contribution in [3.05, 3.63) is 47.5 Å². The molecule has 0 atom stereocenters. The van der Waals surface area contributed by atoms with Crippen LogP contribution < -0.4 is 0 Å². The number of aromatic hydroxyl groups is 2. The first-order valence-electron chi connectivity index (χ1n) is 5.67. The molecule has 2 N–H and O–H groups in total. The maximum atomic E-state index is 12.5. The first-order chi connectivity index (χ1) is 8.84. The van der Waals surface area contributed by atoms with Gasteiger partial charge in [-0.3, -0.25) is 0 Å². The highest BCUT2D eigenvalue weighted by molar-refractivity contribution is 7.91. The molecule has 0 fully saturated rings. The fourth-order valence-corrected chi connectivity index (χ4v) is 3.53. The molecule has 0 aromatic heterocycles. The number of benzene rings is 2. The lowest BCUT2D eigenvalue weighted by molar-refractivity contribution is 0.393. The molecule has 0 heterocycles. The van der Waals surface area contributed by atoms with Gasteiger partial charge in [-0.2, -0.15) is 0 Å². The molecule has 0 aliphatic carbocycles. The fraction of sp³-hybridized carbons (Fsp3) is 0.143. The van der Waals surface area contributed by atoms with Gasteiger partial charge in [0.05, 0.1) is 4.90 Å². The average molecular weight is 278 g/mol. The zero-order valence-corrected chi connectivity index (χ0v) is 11.4. The van der Waals surface area contributed by atoms with Gasteiger partial charge in [0, 0.05) is 0 Å². The quantitative estimate of drug-likeness (QED) is 0.828. The second kappa shape index (κ2) is 4.59. The number of phenolic OH excluding ortho intramolecular Hbond substituents is 2. The summed E-state index contributed by atoms with van der Waals surface area (Å²) in [6.07, 6.45) is 0. The monoisotopic (exact) mass is 278 g/mol. The van der Waals surface area contributed by atoms with Gasteiger partial charge in [-0.1, -0.05) is 18.2 Å². The van der Waals surface area contributed by atoms with E-state index in [1.807, 2.05) is 6.07 Å². The summed E-state index contributed by atoms with van der Waals surface area (Å²) in [5, 5.41) is 19.1. The molecule has 0 bridgehead atoms. The van der Waals surface area contributed by atoms with Crippen molar-refractivity contribution in [3.63, 3.8) is 0 Å². The van der Waals surface area contributed by atoms with Gasteiger partial charge in [0.2, 0.25) is 9.84 Å². The predicted octanol–water partition coefficient (Wildman–Crippen LogP) is 2.55. The first kappa shape index (κ1) is 13.4. The standard InChI is InChI=1S/C14H14O4S/c1-9-6-7-10(2)13(8-9)19(17,18)12-5-3-4-11(15)14(12)16/h3-8,15-16H,1-2H3. The third-order valence-corrected chi connectivity index (χ3v) is 4.83. The molecule has 0 aliphatic rings. The highest BCUT2D eigenvalue weighted by Gasteiger charge is 2.24. The summed E-state index contributed by atoms with van der Waals surface area (Å²) in [5.74, 6) is -1.07. The Labute approximate surface area is 111 Å². The van der Waals surface area contributed by atoms with Gasteiger partial charge in [0.1, 0.15) is 4.90 Å². The van der Waals surface area contributed by atoms with Crippen molar-refractivity contribution in [2.75, 3.05) is 0 Å². The Morgan fingerprint density at radius 1 is 0.947 bits per heavy atom. The highest BCUT2D eigenvalue weighted by atomic mass is 32.2. The molecular formula is C14H14O4S. The van der Waals surface area contributed by atoms with Crippen molar-refractivity contribution < 1.29 is 18.6 Å². The third-order valence-electron chi connectivity index (χ3n) is 2.90. The van der Waals surface area contributed by atoms with Gasteiger partial charge in [0.25, 0.3) is 0 Å². The van der Waals surface area contributed by atoms with Crippen LogP contribution in [-0.4, -0.2) is 18.6 Å². The summed E-state index contributed by atoms with van der Waals surface area (Å²) in [4.78, 5) is -0.158. The summed E-state index contributed by atoms with van der Waals surface area (Å²) in [6, 6.07) is 8.96. The van der Waals surface area contributed by atoms with E-state index in [1.54, 1.807) is 26.0 Å². The van der Waals surface area contributed by atoms with E-state index >= 15 is 0 Å².